The molecule has 4 aromatic rings. The monoisotopic (exact) mass is 470 g/mol. The van der Waals surface area contributed by atoms with Gasteiger partial charge in [0, 0.05) is 15.4 Å². The molecule has 28 heavy (non-hydrogen) atoms. The fourth-order valence-electron chi connectivity index (χ4n) is 2.92. The standard InChI is InChI=1S/C22H13BrCl2N2O/c23-16-6-2-4-8-20(16)27-22(28)15-12-21(13-9-10-17(24)18(25)11-13)26-19-7-3-1-5-14(15)19/h1-12H,(H,27,28). The molecule has 0 aliphatic heterocycles. The second-order valence-corrected chi connectivity index (χ2v) is 7.80. The SMILES string of the molecule is O=C(Nc1ccccc1Br)c1cc(-c2ccc(Cl)c(Cl)c2)nc2ccccc12. The maximum absolute atomic E-state index is 13.1. The molecule has 0 unspecified atom stereocenters. The topological polar surface area (TPSA) is 42.0 Å². The Morgan fingerprint density at radius 1 is 0.893 bits per heavy atom. The smallest absolute Gasteiger partial charge is 0.256 e. The summed E-state index contributed by atoms with van der Waals surface area (Å²) < 4.78 is 0.811. The van der Waals surface area contributed by atoms with Gasteiger partial charge in [-0.05, 0) is 52.3 Å². The van der Waals surface area contributed by atoms with Crippen molar-refractivity contribution in [2.75, 3.05) is 5.32 Å². The van der Waals surface area contributed by atoms with Crippen LogP contribution in [0.15, 0.2) is 77.3 Å². The quantitative estimate of drug-likeness (QED) is 0.342. The van der Waals surface area contributed by atoms with E-state index in [2.05, 4.69) is 21.2 Å². The van der Waals surface area contributed by atoms with Crippen molar-refractivity contribution in [3.8, 4) is 11.3 Å². The average Bonchev–Trinajstić information content (AvgIpc) is 2.71. The van der Waals surface area contributed by atoms with Crippen LogP contribution in [-0.4, -0.2) is 10.9 Å². The molecule has 3 aromatic carbocycles. The van der Waals surface area contributed by atoms with E-state index in [9.17, 15) is 4.79 Å². The van der Waals surface area contributed by atoms with Crippen LogP contribution < -0.4 is 5.32 Å². The van der Waals surface area contributed by atoms with Crippen molar-refractivity contribution in [2.45, 2.75) is 0 Å². The van der Waals surface area contributed by atoms with Gasteiger partial charge in [-0.15, -0.1) is 0 Å². The minimum absolute atomic E-state index is 0.216. The molecule has 0 fully saturated rings. The van der Waals surface area contributed by atoms with Crippen LogP contribution in [0.3, 0.4) is 0 Å². The summed E-state index contributed by atoms with van der Waals surface area (Å²) in [5.41, 5.74) is 3.39. The lowest BCUT2D eigenvalue weighted by Crippen LogP contribution is -2.13. The number of amides is 1. The molecule has 0 aliphatic carbocycles. The van der Waals surface area contributed by atoms with Gasteiger partial charge in [-0.2, -0.15) is 0 Å². The summed E-state index contributed by atoms with van der Waals surface area (Å²) in [5.74, 6) is -0.216. The molecule has 138 valence electrons. The Hall–Kier alpha value is -2.40. The predicted octanol–water partition coefficient (Wildman–Crippen LogP) is 7.22. The summed E-state index contributed by atoms with van der Waals surface area (Å²) in [6.07, 6.45) is 0. The Morgan fingerprint density at radius 3 is 2.43 bits per heavy atom. The van der Waals surface area contributed by atoms with Crippen LogP contribution in [0.5, 0.6) is 0 Å². The van der Waals surface area contributed by atoms with Crippen LogP contribution in [0.4, 0.5) is 5.69 Å². The van der Waals surface area contributed by atoms with Gasteiger partial charge in [0.2, 0.25) is 0 Å². The fraction of sp³-hybridized carbons (Fsp3) is 0. The minimum atomic E-state index is -0.216. The number of nitrogens with one attached hydrogen (secondary N) is 1. The number of hydrogen-bond acceptors (Lipinski definition) is 2. The van der Waals surface area contributed by atoms with Crippen LogP contribution >= 0.6 is 39.1 Å². The second kappa shape index (κ2) is 7.92. The zero-order valence-electron chi connectivity index (χ0n) is 14.4. The Morgan fingerprint density at radius 2 is 1.64 bits per heavy atom. The van der Waals surface area contributed by atoms with Crippen molar-refractivity contribution in [3.05, 3.63) is 92.9 Å². The fourth-order valence-corrected chi connectivity index (χ4v) is 3.60. The highest BCUT2D eigenvalue weighted by Gasteiger charge is 2.15. The first-order valence-electron chi connectivity index (χ1n) is 8.44. The van der Waals surface area contributed by atoms with Crippen molar-refractivity contribution in [1.82, 2.24) is 4.98 Å². The third-order valence-corrected chi connectivity index (χ3v) is 5.73. The number of benzene rings is 3. The second-order valence-electron chi connectivity index (χ2n) is 6.14. The van der Waals surface area contributed by atoms with Crippen molar-refractivity contribution in [3.63, 3.8) is 0 Å². The van der Waals surface area contributed by atoms with Crippen LogP contribution in [0, 0.1) is 0 Å². The Labute approximate surface area is 180 Å². The summed E-state index contributed by atoms with van der Waals surface area (Å²) in [4.78, 5) is 17.8. The number of anilines is 1. The van der Waals surface area contributed by atoms with Crippen LogP contribution in [0.2, 0.25) is 10.0 Å². The molecule has 0 saturated heterocycles. The van der Waals surface area contributed by atoms with E-state index in [1.165, 1.54) is 0 Å². The van der Waals surface area contributed by atoms with Crippen LogP contribution in [-0.2, 0) is 0 Å². The van der Waals surface area contributed by atoms with Crippen LogP contribution in [0.25, 0.3) is 22.2 Å². The summed E-state index contributed by atoms with van der Waals surface area (Å²) >= 11 is 15.7. The van der Waals surface area contributed by atoms with Gasteiger partial charge >= 0.3 is 0 Å². The number of halogens is 3. The van der Waals surface area contributed by atoms with Gasteiger partial charge in [0.25, 0.3) is 5.91 Å². The Balaban J connectivity index is 1.83. The number of rotatable bonds is 3. The van der Waals surface area contributed by atoms with Gasteiger partial charge in [0.15, 0.2) is 0 Å². The van der Waals surface area contributed by atoms with E-state index >= 15 is 0 Å². The van der Waals surface area contributed by atoms with Gasteiger partial charge in [0.1, 0.15) is 0 Å². The molecule has 1 N–H and O–H groups in total. The van der Waals surface area contributed by atoms with E-state index in [1.807, 2.05) is 54.6 Å². The van der Waals surface area contributed by atoms with E-state index in [0.29, 0.717) is 27.0 Å². The number of aromatic nitrogens is 1. The zero-order chi connectivity index (χ0) is 19.7. The lowest BCUT2D eigenvalue weighted by Gasteiger charge is -2.12. The third-order valence-electron chi connectivity index (χ3n) is 4.30. The first-order valence-corrected chi connectivity index (χ1v) is 9.99. The molecular formula is C22H13BrCl2N2O. The summed E-state index contributed by atoms with van der Waals surface area (Å²) in [6.45, 7) is 0. The number of carbonyl (C=O) groups is 1. The van der Waals surface area contributed by atoms with Crippen molar-refractivity contribution in [1.29, 1.82) is 0 Å². The minimum Gasteiger partial charge on any atom is -0.321 e. The van der Waals surface area contributed by atoms with E-state index in [4.69, 9.17) is 28.2 Å². The maximum atomic E-state index is 13.1. The first kappa shape index (κ1) is 18.9. The Kier molecular flexibility index (Phi) is 5.36. The lowest BCUT2D eigenvalue weighted by atomic mass is 10.0. The average molecular weight is 472 g/mol. The number of hydrogen-bond donors (Lipinski definition) is 1. The van der Waals surface area contributed by atoms with Crippen molar-refractivity contribution < 1.29 is 4.79 Å². The van der Waals surface area contributed by atoms with Gasteiger partial charge in [0.05, 0.1) is 32.5 Å². The predicted molar refractivity (Wildman–Crippen MR) is 119 cm³/mol. The van der Waals surface area contributed by atoms with Gasteiger partial charge in [-0.25, -0.2) is 4.98 Å². The molecule has 0 radical (unpaired) electrons. The molecule has 1 aromatic heterocycles. The molecule has 0 atom stereocenters. The van der Waals surface area contributed by atoms with E-state index in [1.54, 1.807) is 18.2 Å². The molecule has 0 bridgehead atoms. The van der Waals surface area contributed by atoms with Crippen molar-refractivity contribution >= 4 is 61.6 Å². The lowest BCUT2D eigenvalue weighted by molar-refractivity contribution is 0.102. The van der Waals surface area contributed by atoms with Gasteiger partial charge in [-0.1, -0.05) is 59.6 Å². The van der Waals surface area contributed by atoms with Crippen molar-refractivity contribution in [2.24, 2.45) is 0 Å². The normalized spacial score (nSPS) is 10.8. The number of pyridine rings is 1. The Bertz CT molecular complexity index is 1210. The summed E-state index contributed by atoms with van der Waals surface area (Å²) in [5, 5.41) is 4.64. The third kappa shape index (κ3) is 3.76. The molecule has 1 heterocycles. The highest BCUT2D eigenvalue weighted by molar-refractivity contribution is 9.10. The van der Waals surface area contributed by atoms with E-state index < -0.39 is 0 Å². The molecule has 0 saturated carbocycles. The van der Waals surface area contributed by atoms with E-state index in [0.717, 1.165) is 20.9 Å². The highest BCUT2D eigenvalue weighted by Crippen LogP contribution is 2.31. The molecule has 4 rings (SSSR count). The number of para-hydroxylation sites is 2. The summed E-state index contributed by atoms with van der Waals surface area (Å²) in [6, 6.07) is 22.1. The molecule has 0 spiro atoms. The zero-order valence-corrected chi connectivity index (χ0v) is 17.5. The van der Waals surface area contributed by atoms with Crippen LogP contribution in [0.1, 0.15) is 10.4 Å². The molecule has 0 aliphatic rings. The number of fused-ring (bicyclic) bond motifs is 1. The maximum Gasteiger partial charge on any atom is 0.256 e. The molecule has 1 amide bonds. The molecular weight excluding hydrogens is 459 g/mol. The van der Waals surface area contributed by atoms with Gasteiger partial charge < -0.3 is 5.32 Å². The van der Waals surface area contributed by atoms with Gasteiger partial charge in [-0.3, -0.25) is 4.79 Å². The largest absolute Gasteiger partial charge is 0.321 e. The number of nitrogens with zero attached hydrogens (tertiary/aromatic N) is 1. The van der Waals surface area contributed by atoms with E-state index in [-0.39, 0.29) is 5.91 Å². The molecule has 3 nitrogen and oxygen atoms in total. The summed E-state index contributed by atoms with van der Waals surface area (Å²) in [7, 11) is 0. The first-order chi connectivity index (χ1) is 13.5. The highest BCUT2D eigenvalue weighted by atomic mass is 79.9. The molecule has 6 heteroatoms. The number of carbonyl (C=O) groups excluding carboxylic acids is 1.